The minimum Gasteiger partial charge on any atom is -0.315 e. The van der Waals surface area contributed by atoms with Crippen molar-refractivity contribution in [2.24, 2.45) is 0 Å². The zero-order valence-electron chi connectivity index (χ0n) is 9.29. The molecule has 0 aliphatic carbocycles. The van der Waals surface area contributed by atoms with Crippen molar-refractivity contribution in [1.82, 2.24) is 10.2 Å². The minimum atomic E-state index is 0.549. The maximum atomic E-state index is 8.60. The van der Waals surface area contributed by atoms with Gasteiger partial charge in [0.25, 0.3) is 0 Å². The molecular weight excluding hydrogens is 174 g/mol. The second kappa shape index (κ2) is 6.00. The van der Waals surface area contributed by atoms with Crippen LogP contribution in [0.25, 0.3) is 0 Å². The summed E-state index contributed by atoms with van der Waals surface area (Å²) in [4.78, 5) is 2.45. The van der Waals surface area contributed by atoms with E-state index < -0.39 is 0 Å². The van der Waals surface area contributed by atoms with Crippen LogP contribution in [0.15, 0.2) is 0 Å². The maximum Gasteiger partial charge on any atom is 0.0635 e. The normalized spacial score (nSPS) is 22.6. The Morgan fingerprint density at radius 1 is 1.57 bits per heavy atom. The van der Waals surface area contributed by atoms with Crippen LogP contribution in [-0.4, -0.2) is 36.6 Å². The molecule has 1 aliphatic rings. The van der Waals surface area contributed by atoms with Crippen LogP contribution >= 0.6 is 0 Å². The van der Waals surface area contributed by atoms with Gasteiger partial charge >= 0.3 is 0 Å². The number of hydrogen-bond donors (Lipinski definition) is 1. The number of rotatable bonds is 4. The van der Waals surface area contributed by atoms with Crippen molar-refractivity contribution in [2.45, 2.75) is 45.2 Å². The third-order valence-corrected chi connectivity index (χ3v) is 2.88. The van der Waals surface area contributed by atoms with E-state index in [2.05, 4.69) is 30.1 Å². The number of hydrogen-bond acceptors (Lipinski definition) is 3. The second-order valence-electron chi connectivity index (χ2n) is 4.24. The zero-order chi connectivity index (χ0) is 10.4. The molecule has 1 atom stereocenters. The Morgan fingerprint density at radius 2 is 2.36 bits per heavy atom. The lowest BCUT2D eigenvalue weighted by Gasteiger charge is -2.37. The lowest BCUT2D eigenvalue weighted by molar-refractivity contribution is 0.132. The summed E-state index contributed by atoms with van der Waals surface area (Å²) < 4.78 is 0. The van der Waals surface area contributed by atoms with Crippen LogP contribution in [0.1, 0.15) is 33.1 Å². The Hall–Kier alpha value is -0.590. The number of nitrogens with zero attached hydrogens (tertiary/aromatic N) is 2. The lowest BCUT2D eigenvalue weighted by Crippen LogP contribution is -2.49. The largest absolute Gasteiger partial charge is 0.315 e. The summed E-state index contributed by atoms with van der Waals surface area (Å²) in [6, 6.07) is 3.42. The fourth-order valence-electron chi connectivity index (χ4n) is 2.16. The molecule has 1 heterocycles. The number of nitriles is 1. The fourth-order valence-corrected chi connectivity index (χ4v) is 2.16. The van der Waals surface area contributed by atoms with E-state index in [1.165, 1.54) is 12.8 Å². The third-order valence-electron chi connectivity index (χ3n) is 2.88. The van der Waals surface area contributed by atoms with E-state index in [4.69, 9.17) is 5.26 Å². The number of piperidine rings is 1. The highest BCUT2D eigenvalue weighted by atomic mass is 15.2. The smallest absolute Gasteiger partial charge is 0.0635 e. The molecule has 1 saturated heterocycles. The first-order valence-electron chi connectivity index (χ1n) is 5.59. The van der Waals surface area contributed by atoms with Gasteiger partial charge in [-0.25, -0.2) is 0 Å². The van der Waals surface area contributed by atoms with Crippen molar-refractivity contribution >= 4 is 0 Å². The van der Waals surface area contributed by atoms with Gasteiger partial charge in [0.15, 0.2) is 0 Å². The molecule has 14 heavy (non-hydrogen) atoms. The summed E-state index contributed by atoms with van der Waals surface area (Å²) in [6.45, 7) is 7.59. The highest BCUT2D eigenvalue weighted by Crippen LogP contribution is 2.13. The highest BCUT2D eigenvalue weighted by Gasteiger charge is 2.22. The monoisotopic (exact) mass is 195 g/mol. The highest BCUT2D eigenvalue weighted by molar-refractivity contribution is 4.83. The van der Waals surface area contributed by atoms with E-state index in [0.717, 1.165) is 19.6 Å². The molecule has 0 bridgehead atoms. The maximum absolute atomic E-state index is 8.60. The molecule has 0 spiro atoms. The molecular formula is C11H21N3. The van der Waals surface area contributed by atoms with Crippen molar-refractivity contribution in [2.75, 3.05) is 19.6 Å². The van der Waals surface area contributed by atoms with E-state index in [1.807, 2.05) is 0 Å². The molecule has 0 aromatic heterocycles. The van der Waals surface area contributed by atoms with E-state index in [1.54, 1.807) is 0 Å². The average Bonchev–Trinajstić information content (AvgIpc) is 2.19. The Bertz CT molecular complexity index is 189. The SMILES string of the molecule is CC(C)N(CCC#N)C1CCCNC1. The van der Waals surface area contributed by atoms with E-state index in [0.29, 0.717) is 18.5 Å². The van der Waals surface area contributed by atoms with Crippen molar-refractivity contribution < 1.29 is 0 Å². The molecule has 1 fully saturated rings. The standard InChI is InChI=1S/C11H21N3/c1-10(2)14(8-4-6-12)11-5-3-7-13-9-11/h10-11,13H,3-5,7-9H2,1-2H3. The Morgan fingerprint density at radius 3 is 2.86 bits per heavy atom. The molecule has 3 nitrogen and oxygen atoms in total. The van der Waals surface area contributed by atoms with Crippen molar-refractivity contribution in [1.29, 1.82) is 5.26 Å². The summed E-state index contributed by atoms with van der Waals surface area (Å²) in [5.41, 5.74) is 0. The quantitative estimate of drug-likeness (QED) is 0.736. The van der Waals surface area contributed by atoms with Gasteiger partial charge in [-0.15, -0.1) is 0 Å². The summed E-state index contributed by atoms with van der Waals surface area (Å²) in [7, 11) is 0. The molecule has 1 rings (SSSR count). The molecule has 3 heteroatoms. The van der Waals surface area contributed by atoms with Crippen LogP contribution in [0.5, 0.6) is 0 Å². The van der Waals surface area contributed by atoms with Crippen LogP contribution in [0, 0.1) is 11.3 Å². The van der Waals surface area contributed by atoms with Crippen molar-refractivity contribution in [3.05, 3.63) is 0 Å². The molecule has 0 aromatic carbocycles. The van der Waals surface area contributed by atoms with E-state index >= 15 is 0 Å². The van der Waals surface area contributed by atoms with Crippen LogP contribution in [0.2, 0.25) is 0 Å². The predicted octanol–water partition coefficient (Wildman–Crippen LogP) is 1.36. The summed E-state index contributed by atoms with van der Waals surface area (Å²) in [6.07, 6.45) is 3.19. The van der Waals surface area contributed by atoms with Crippen LogP contribution in [0.3, 0.4) is 0 Å². The average molecular weight is 195 g/mol. The van der Waals surface area contributed by atoms with Gasteiger partial charge in [-0.2, -0.15) is 5.26 Å². The molecule has 0 aromatic rings. The van der Waals surface area contributed by atoms with Crippen LogP contribution in [0.4, 0.5) is 0 Å². The molecule has 0 radical (unpaired) electrons. The molecule has 1 N–H and O–H groups in total. The summed E-state index contributed by atoms with van der Waals surface area (Å²) in [5.74, 6) is 0. The third kappa shape index (κ3) is 3.28. The molecule has 0 saturated carbocycles. The Kier molecular flexibility index (Phi) is 4.92. The van der Waals surface area contributed by atoms with Crippen LogP contribution in [-0.2, 0) is 0 Å². The van der Waals surface area contributed by atoms with Gasteiger partial charge in [-0.3, -0.25) is 4.90 Å². The summed E-state index contributed by atoms with van der Waals surface area (Å²) in [5, 5.41) is 12.0. The zero-order valence-corrected chi connectivity index (χ0v) is 9.29. The molecule has 1 aliphatic heterocycles. The van der Waals surface area contributed by atoms with E-state index in [-0.39, 0.29) is 0 Å². The first kappa shape index (κ1) is 11.5. The number of nitrogens with one attached hydrogen (secondary N) is 1. The first-order valence-corrected chi connectivity index (χ1v) is 5.59. The predicted molar refractivity (Wildman–Crippen MR) is 58.0 cm³/mol. The molecule has 1 unspecified atom stereocenters. The van der Waals surface area contributed by atoms with Gasteiger partial charge in [-0.05, 0) is 33.2 Å². The lowest BCUT2D eigenvalue weighted by atomic mass is 10.0. The topological polar surface area (TPSA) is 39.1 Å². The Labute approximate surface area is 87.1 Å². The summed E-state index contributed by atoms with van der Waals surface area (Å²) >= 11 is 0. The second-order valence-corrected chi connectivity index (χ2v) is 4.24. The van der Waals surface area contributed by atoms with Gasteiger partial charge in [0.1, 0.15) is 0 Å². The van der Waals surface area contributed by atoms with Gasteiger partial charge in [0.05, 0.1) is 6.07 Å². The van der Waals surface area contributed by atoms with Gasteiger partial charge in [0.2, 0.25) is 0 Å². The van der Waals surface area contributed by atoms with Crippen LogP contribution < -0.4 is 5.32 Å². The minimum absolute atomic E-state index is 0.549. The Balaban J connectivity index is 2.43. The first-order chi connectivity index (χ1) is 6.75. The molecule has 0 amide bonds. The van der Waals surface area contributed by atoms with E-state index in [9.17, 15) is 0 Å². The van der Waals surface area contributed by atoms with Crippen molar-refractivity contribution in [3.63, 3.8) is 0 Å². The molecule has 80 valence electrons. The fraction of sp³-hybridized carbons (Fsp3) is 0.909. The van der Waals surface area contributed by atoms with Gasteiger partial charge in [-0.1, -0.05) is 0 Å². The van der Waals surface area contributed by atoms with Gasteiger partial charge < -0.3 is 5.32 Å². The van der Waals surface area contributed by atoms with Gasteiger partial charge in [0, 0.05) is 31.6 Å². The van der Waals surface area contributed by atoms with Crippen molar-refractivity contribution in [3.8, 4) is 6.07 Å².